The van der Waals surface area contributed by atoms with Crippen LogP contribution in [0.25, 0.3) is 0 Å². The molecule has 0 bridgehead atoms. The molecule has 1 amide bonds. The van der Waals surface area contributed by atoms with Gasteiger partial charge in [0.2, 0.25) is 5.91 Å². The summed E-state index contributed by atoms with van der Waals surface area (Å²) in [5.74, 6) is 1.54. The van der Waals surface area contributed by atoms with Crippen molar-refractivity contribution in [2.24, 2.45) is 0 Å². The van der Waals surface area contributed by atoms with Crippen molar-refractivity contribution in [2.45, 2.75) is 39.7 Å². The first-order chi connectivity index (χ1) is 8.63. The normalized spacial score (nSPS) is 16.9. The molecule has 18 heavy (non-hydrogen) atoms. The Morgan fingerprint density at radius 1 is 1.50 bits per heavy atom. The molecule has 2 rings (SSSR count). The van der Waals surface area contributed by atoms with Crippen LogP contribution in [0.1, 0.15) is 32.8 Å². The number of benzene rings is 1. The van der Waals surface area contributed by atoms with Gasteiger partial charge in [0.05, 0.1) is 12.3 Å². The molecule has 0 aliphatic carbocycles. The molecule has 1 aliphatic heterocycles. The van der Waals surface area contributed by atoms with Crippen molar-refractivity contribution in [3.8, 4) is 11.5 Å². The third kappa shape index (κ3) is 2.58. The molecule has 98 valence electrons. The number of fused-ring (bicyclic) bond motifs is 1. The molecule has 0 radical (unpaired) electrons. The molecule has 1 atom stereocenters. The van der Waals surface area contributed by atoms with Crippen LogP contribution < -0.4 is 14.8 Å². The largest absolute Gasteiger partial charge is 0.492 e. The van der Waals surface area contributed by atoms with Crippen molar-refractivity contribution >= 4 is 11.6 Å². The molecule has 1 aromatic rings. The van der Waals surface area contributed by atoms with Gasteiger partial charge in [0.1, 0.15) is 17.6 Å². The summed E-state index contributed by atoms with van der Waals surface area (Å²) in [6, 6.07) is 3.82. The summed E-state index contributed by atoms with van der Waals surface area (Å²) in [7, 11) is 0. The van der Waals surface area contributed by atoms with Crippen molar-refractivity contribution in [1.29, 1.82) is 0 Å². The highest BCUT2D eigenvalue weighted by atomic mass is 16.5. The Kier molecular flexibility index (Phi) is 3.75. The molecule has 1 N–H and O–H groups in total. The zero-order chi connectivity index (χ0) is 13.1. The highest BCUT2D eigenvalue weighted by Gasteiger charge is 2.22. The first-order valence-corrected chi connectivity index (χ1v) is 6.40. The zero-order valence-electron chi connectivity index (χ0n) is 11.1. The monoisotopic (exact) mass is 249 g/mol. The number of anilines is 1. The molecule has 1 aromatic carbocycles. The van der Waals surface area contributed by atoms with Crippen LogP contribution in [0.4, 0.5) is 5.69 Å². The number of amides is 1. The van der Waals surface area contributed by atoms with Crippen LogP contribution in [0.3, 0.4) is 0 Å². The molecule has 0 saturated carbocycles. The molecule has 0 spiro atoms. The smallest absolute Gasteiger partial charge is 0.224 e. The molecular formula is C14H19NO3. The Bertz CT molecular complexity index is 457. The number of hydrogen-bond donors (Lipinski definition) is 1. The van der Waals surface area contributed by atoms with E-state index < -0.39 is 0 Å². The fourth-order valence-electron chi connectivity index (χ4n) is 2.05. The van der Waals surface area contributed by atoms with E-state index in [2.05, 4.69) is 5.32 Å². The van der Waals surface area contributed by atoms with Crippen molar-refractivity contribution in [3.05, 3.63) is 17.7 Å². The third-order valence-corrected chi connectivity index (χ3v) is 2.89. The average Bonchev–Trinajstić information content (AvgIpc) is 2.69. The minimum atomic E-state index is -0.0260. The summed E-state index contributed by atoms with van der Waals surface area (Å²) in [5.41, 5.74) is 1.83. The molecule has 0 saturated heterocycles. The highest BCUT2D eigenvalue weighted by Crippen LogP contribution is 2.38. The SMILES string of the molecule is CCOc1cc2c(cc1NC(=O)CC)O[C@H](C)C2. The standard InChI is InChI=1S/C14H19NO3/c1-4-14(16)15-11-8-12-10(6-9(3)18-12)7-13(11)17-5-2/h7-9H,4-6H2,1-3H3,(H,15,16)/t9-/m1/s1. The average molecular weight is 249 g/mol. The summed E-state index contributed by atoms with van der Waals surface area (Å²) < 4.78 is 11.3. The summed E-state index contributed by atoms with van der Waals surface area (Å²) in [4.78, 5) is 11.5. The molecule has 0 aromatic heterocycles. The Hall–Kier alpha value is -1.71. The number of carbonyl (C=O) groups is 1. The Balaban J connectivity index is 2.31. The second-order valence-electron chi connectivity index (χ2n) is 4.42. The molecule has 0 unspecified atom stereocenters. The van der Waals surface area contributed by atoms with E-state index in [1.807, 2.05) is 32.9 Å². The van der Waals surface area contributed by atoms with Crippen molar-refractivity contribution in [2.75, 3.05) is 11.9 Å². The van der Waals surface area contributed by atoms with Crippen LogP contribution in [0, 0.1) is 0 Å². The third-order valence-electron chi connectivity index (χ3n) is 2.89. The van der Waals surface area contributed by atoms with E-state index in [0.29, 0.717) is 18.7 Å². The molecule has 0 fully saturated rings. The summed E-state index contributed by atoms with van der Waals surface area (Å²) in [6.07, 6.45) is 1.52. The second-order valence-corrected chi connectivity index (χ2v) is 4.42. The summed E-state index contributed by atoms with van der Waals surface area (Å²) >= 11 is 0. The lowest BCUT2D eigenvalue weighted by molar-refractivity contribution is -0.115. The lowest BCUT2D eigenvalue weighted by Crippen LogP contribution is -2.11. The summed E-state index contributed by atoms with van der Waals surface area (Å²) in [6.45, 7) is 6.36. The van der Waals surface area contributed by atoms with E-state index in [-0.39, 0.29) is 12.0 Å². The van der Waals surface area contributed by atoms with Crippen LogP contribution >= 0.6 is 0 Å². The summed E-state index contributed by atoms with van der Waals surface area (Å²) in [5, 5.41) is 2.85. The topological polar surface area (TPSA) is 47.6 Å². The van der Waals surface area contributed by atoms with Gasteiger partial charge in [-0.05, 0) is 19.9 Å². The van der Waals surface area contributed by atoms with E-state index >= 15 is 0 Å². The van der Waals surface area contributed by atoms with Gasteiger partial charge in [-0.3, -0.25) is 4.79 Å². The Labute approximate surface area is 107 Å². The van der Waals surface area contributed by atoms with Gasteiger partial charge in [-0.25, -0.2) is 0 Å². The lowest BCUT2D eigenvalue weighted by Gasteiger charge is -2.13. The van der Waals surface area contributed by atoms with Gasteiger partial charge in [0, 0.05) is 24.5 Å². The van der Waals surface area contributed by atoms with Gasteiger partial charge in [-0.1, -0.05) is 6.92 Å². The molecule has 4 nitrogen and oxygen atoms in total. The van der Waals surface area contributed by atoms with E-state index in [4.69, 9.17) is 9.47 Å². The van der Waals surface area contributed by atoms with Crippen molar-refractivity contribution in [1.82, 2.24) is 0 Å². The van der Waals surface area contributed by atoms with Crippen LogP contribution in [-0.4, -0.2) is 18.6 Å². The van der Waals surface area contributed by atoms with E-state index in [0.717, 1.165) is 23.5 Å². The molecular weight excluding hydrogens is 230 g/mol. The number of carbonyl (C=O) groups excluding carboxylic acids is 1. The molecule has 4 heteroatoms. The van der Waals surface area contributed by atoms with Gasteiger partial charge in [-0.15, -0.1) is 0 Å². The van der Waals surface area contributed by atoms with Gasteiger partial charge in [0.15, 0.2) is 0 Å². The maximum absolute atomic E-state index is 11.5. The minimum absolute atomic E-state index is 0.0260. The predicted octanol–water partition coefficient (Wildman–Crippen LogP) is 2.76. The van der Waals surface area contributed by atoms with Crippen molar-refractivity contribution in [3.63, 3.8) is 0 Å². The van der Waals surface area contributed by atoms with E-state index in [9.17, 15) is 4.79 Å². The number of ether oxygens (including phenoxy) is 2. The Morgan fingerprint density at radius 2 is 2.28 bits per heavy atom. The number of hydrogen-bond acceptors (Lipinski definition) is 3. The van der Waals surface area contributed by atoms with Crippen LogP contribution in [0.2, 0.25) is 0 Å². The predicted molar refractivity (Wildman–Crippen MR) is 70.3 cm³/mol. The van der Waals surface area contributed by atoms with E-state index in [1.165, 1.54) is 0 Å². The van der Waals surface area contributed by atoms with Gasteiger partial charge in [0.25, 0.3) is 0 Å². The molecule has 1 aliphatic rings. The maximum atomic E-state index is 11.5. The quantitative estimate of drug-likeness (QED) is 0.892. The van der Waals surface area contributed by atoms with Crippen molar-refractivity contribution < 1.29 is 14.3 Å². The number of nitrogens with one attached hydrogen (secondary N) is 1. The fraction of sp³-hybridized carbons (Fsp3) is 0.500. The van der Waals surface area contributed by atoms with Gasteiger partial charge in [-0.2, -0.15) is 0 Å². The zero-order valence-corrected chi connectivity index (χ0v) is 11.1. The lowest BCUT2D eigenvalue weighted by atomic mass is 10.1. The van der Waals surface area contributed by atoms with Crippen LogP contribution in [-0.2, 0) is 11.2 Å². The van der Waals surface area contributed by atoms with Crippen LogP contribution in [0.15, 0.2) is 12.1 Å². The number of rotatable bonds is 4. The fourth-order valence-corrected chi connectivity index (χ4v) is 2.05. The molecule has 1 heterocycles. The maximum Gasteiger partial charge on any atom is 0.224 e. The van der Waals surface area contributed by atoms with Gasteiger partial charge >= 0.3 is 0 Å². The first kappa shape index (κ1) is 12.7. The van der Waals surface area contributed by atoms with Crippen LogP contribution in [0.5, 0.6) is 11.5 Å². The Morgan fingerprint density at radius 3 is 2.94 bits per heavy atom. The van der Waals surface area contributed by atoms with E-state index in [1.54, 1.807) is 0 Å². The minimum Gasteiger partial charge on any atom is -0.492 e. The van der Waals surface area contributed by atoms with Gasteiger partial charge < -0.3 is 14.8 Å². The highest BCUT2D eigenvalue weighted by molar-refractivity contribution is 5.92. The second kappa shape index (κ2) is 5.29. The first-order valence-electron chi connectivity index (χ1n) is 6.40.